The number of para-hydroxylation sites is 1. The van der Waals surface area contributed by atoms with Crippen LogP contribution in [0.1, 0.15) is 37.7 Å². The lowest BCUT2D eigenvalue weighted by atomic mass is 9.81. The molecule has 1 aromatic carbocycles. The molecule has 0 spiro atoms. The van der Waals surface area contributed by atoms with Gasteiger partial charge in [-0.15, -0.1) is 10.2 Å². The lowest BCUT2D eigenvalue weighted by molar-refractivity contribution is -0.131. The van der Waals surface area contributed by atoms with Crippen LogP contribution >= 0.6 is 11.8 Å². The zero-order chi connectivity index (χ0) is 19.7. The maximum absolute atomic E-state index is 12.9. The summed E-state index contributed by atoms with van der Waals surface area (Å²) in [5, 5.41) is 20.2. The number of hydrogen-bond donors (Lipinski definition) is 0. The Hall–Kier alpha value is -2.59. The van der Waals surface area contributed by atoms with Crippen molar-refractivity contribution in [2.24, 2.45) is 0 Å². The second kappa shape index (κ2) is 7.44. The number of carbonyl (C=O) groups is 1. The average Bonchev–Trinajstić information content (AvgIpc) is 3.15. The van der Waals surface area contributed by atoms with Crippen LogP contribution in [0.5, 0.6) is 0 Å². The van der Waals surface area contributed by atoms with Gasteiger partial charge in [-0.2, -0.15) is 5.26 Å². The normalized spacial score (nSPS) is 16.2. The standard InChI is InChI=1S/C21H23N5OS/c1-15-12-18-23-24-20(26(18)17-9-5-4-8-16(15)17)28-13-19(27)25(2)21(14-22)10-6-3-7-11-21/h4-5,8-9,12H,3,6-7,10-11,13H2,1-2H3. The van der Waals surface area contributed by atoms with Crippen LogP contribution in [0.4, 0.5) is 0 Å². The number of nitriles is 1. The molecule has 0 atom stereocenters. The Kier molecular flexibility index (Phi) is 4.98. The molecule has 0 radical (unpaired) electrons. The predicted molar refractivity (Wildman–Crippen MR) is 110 cm³/mol. The fourth-order valence-corrected chi connectivity index (χ4v) is 4.95. The number of thioether (sulfide) groups is 1. The summed E-state index contributed by atoms with van der Waals surface area (Å²) in [6.07, 6.45) is 4.65. The fourth-order valence-electron chi connectivity index (χ4n) is 4.09. The van der Waals surface area contributed by atoms with Crippen LogP contribution in [0.25, 0.3) is 16.6 Å². The molecule has 28 heavy (non-hydrogen) atoms. The number of carbonyl (C=O) groups excluding carboxylic acids is 1. The van der Waals surface area contributed by atoms with Gasteiger partial charge in [0, 0.05) is 12.4 Å². The van der Waals surface area contributed by atoms with Gasteiger partial charge in [-0.1, -0.05) is 49.2 Å². The fraction of sp³-hybridized carbons (Fsp3) is 0.429. The molecule has 1 saturated carbocycles. The molecule has 0 unspecified atom stereocenters. The third kappa shape index (κ3) is 3.12. The number of aryl methyl sites for hydroxylation is 1. The van der Waals surface area contributed by atoms with E-state index in [2.05, 4.69) is 29.3 Å². The third-order valence-corrected chi connectivity index (χ3v) is 6.72. The molecule has 1 amide bonds. The van der Waals surface area contributed by atoms with Crippen molar-refractivity contribution in [2.45, 2.75) is 49.7 Å². The smallest absolute Gasteiger partial charge is 0.234 e. The number of pyridine rings is 1. The molecular formula is C21H23N5OS. The van der Waals surface area contributed by atoms with E-state index in [0.717, 1.165) is 54.2 Å². The molecule has 4 rings (SSSR count). The Morgan fingerprint density at radius 1 is 1.29 bits per heavy atom. The van der Waals surface area contributed by atoms with E-state index in [1.54, 1.807) is 11.9 Å². The van der Waals surface area contributed by atoms with Gasteiger partial charge in [0.2, 0.25) is 5.91 Å². The highest BCUT2D eigenvalue weighted by Crippen LogP contribution is 2.33. The Bertz CT molecular complexity index is 1080. The van der Waals surface area contributed by atoms with Crippen LogP contribution in [-0.2, 0) is 4.79 Å². The van der Waals surface area contributed by atoms with E-state index in [-0.39, 0.29) is 11.7 Å². The molecule has 0 N–H and O–H groups in total. The molecule has 1 fully saturated rings. The first-order valence-electron chi connectivity index (χ1n) is 9.60. The van der Waals surface area contributed by atoms with Crippen molar-refractivity contribution >= 4 is 34.2 Å². The molecule has 144 valence electrons. The van der Waals surface area contributed by atoms with E-state index in [1.165, 1.54) is 11.8 Å². The van der Waals surface area contributed by atoms with Gasteiger partial charge in [0.1, 0.15) is 5.54 Å². The molecule has 7 heteroatoms. The average molecular weight is 394 g/mol. The summed E-state index contributed by atoms with van der Waals surface area (Å²) in [7, 11) is 1.76. The molecule has 0 aliphatic heterocycles. The molecule has 2 aromatic heterocycles. The summed E-state index contributed by atoms with van der Waals surface area (Å²) in [4.78, 5) is 14.5. The minimum atomic E-state index is -0.660. The molecule has 3 aromatic rings. The number of rotatable bonds is 4. The van der Waals surface area contributed by atoms with Crippen LogP contribution in [0.2, 0.25) is 0 Å². The molecule has 1 aliphatic carbocycles. The van der Waals surface area contributed by atoms with Crippen molar-refractivity contribution in [3.05, 3.63) is 35.9 Å². The first-order chi connectivity index (χ1) is 13.6. The number of nitrogens with zero attached hydrogens (tertiary/aromatic N) is 5. The summed E-state index contributed by atoms with van der Waals surface area (Å²) < 4.78 is 2.00. The van der Waals surface area contributed by atoms with Gasteiger partial charge in [0.25, 0.3) is 0 Å². The third-order valence-electron chi connectivity index (χ3n) is 5.80. The highest BCUT2D eigenvalue weighted by atomic mass is 32.2. The lowest BCUT2D eigenvalue weighted by Gasteiger charge is -2.39. The zero-order valence-electron chi connectivity index (χ0n) is 16.2. The molecule has 2 heterocycles. The summed E-state index contributed by atoms with van der Waals surface area (Å²) in [5.74, 6) is 0.199. The second-order valence-electron chi connectivity index (χ2n) is 7.47. The van der Waals surface area contributed by atoms with Crippen LogP contribution in [-0.4, -0.2) is 43.7 Å². The van der Waals surface area contributed by atoms with Crippen LogP contribution in [0.15, 0.2) is 35.5 Å². The van der Waals surface area contributed by atoms with E-state index >= 15 is 0 Å². The van der Waals surface area contributed by atoms with Crippen molar-refractivity contribution in [1.29, 1.82) is 5.26 Å². The summed E-state index contributed by atoms with van der Waals surface area (Å²) in [5.41, 5.74) is 2.30. The van der Waals surface area contributed by atoms with Crippen molar-refractivity contribution in [2.75, 3.05) is 12.8 Å². The van der Waals surface area contributed by atoms with Gasteiger partial charge in [-0.3, -0.25) is 9.20 Å². The maximum Gasteiger partial charge on any atom is 0.234 e. The van der Waals surface area contributed by atoms with E-state index in [0.29, 0.717) is 5.16 Å². The van der Waals surface area contributed by atoms with Crippen LogP contribution in [0.3, 0.4) is 0 Å². The highest BCUT2D eigenvalue weighted by Gasteiger charge is 2.38. The van der Waals surface area contributed by atoms with Gasteiger partial charge in [0.05, 0.1) is 17.3 Å². The number of amides is 1. The quantitative estimate of drug-likeness (QED) is 0.627. The summed E-state index contributed by atoms with van der Waals surface area (Å²) in [6, 6.07) is 12.6. The number of benzene rings is 1. The Morgan fingerprint density at radius 2 is 2.04 bits per heavy atom. The van der Waals surface area contributed by atoms with Gasteiger partial charge >= 0.3 is 0 Å². The van der Waals surface area contributed by atoms with Crippen molar-refractivity contribution in [1.82, 2.24) is 19.5 Å². The van der Waals surface area contributed by atoms with Crippen LogP contribution < -0.4 is 0 Å². The van der Waals surface area contributed by atoms with Gasteiger partial charge in [-0.25, -0.2) is 0 Å². The van der Waals surface area contributed by atoms with E-state index in [4.69, 9.17) is 0 Å². The van der Waals surface area contributed by atoms with Crippen molar-refractivity contribution in [3.8, 4) is 6.07 Å². The van der Waals surface area contributed by atoms with Crippen molar-refractivity contribution < 1.29 is 4.79 Å². The summed E-state index contributed by atoms with van der Waals surface area (Å²) in [6.45, 7) is 2.06. The number of hydrogen-bond acceptors (Lipinski definition) is 5. The first kappa shape index (κ1) is 18.8. The van der Waals surface area contributed by atoms with Gasteiger partial charge < -0.3 is 4.90 Å². The van der Waals surface area contributed by atoms with Crippen LogP contribution in [0, 0.1) is 18.3 Å². The Morgan fingerprint density at radius 3 is 2.79 bits per heavy atom. The van der Waals surface area contributed by atoms with Gasteiger partial charge in [-0.05, 0) is 37.5 Å². The number of aromatic nitrogens is 3. The Balaban J connectivity index is 1.58. The first-order valence-corrected chi connectivity index (χ1v) is 10.6. The van der Waals surface area contributed by atoms with E-state index in [9.17, 15) is 10.1 Å². The minimum Gasteiger partial charge on any atom is -0.326 e. The van der Waals surface area contributed by atoms with E-state index in [1.807, 2.05) is 28.7 Å². The monoisotopic (exact) mass is 393 g/mol. The zero-order valence-corrected chi connectivity index (χ0v) is 17.0. The number of fused-ring (bicyclic) bond motifs is 3. The largest absolute Gasteiger partial charge is 0.326 e. The molecule has 0 saturated heterocycles. The topological polar surface area (TPSA) is 74.3 Å². The highest BCUT2D eigenvalue weighted by molar-refractivity contribution is 7.99. The van der Waals surface area contributed by atoms with Gasteiger partial charge in [0.15, 0.2) is 10.8 Å². The predicted octanol–water partition coefficient (Wildman–Crippen LogP) is 3.97. The Labute approximate surface area is 168 Å². The molecule has 6 nitrogen and oxygen atoms in total. The maximum atomic E-state index is 12.9. The SMILES string of the molecule is Cc1cc2nnc(SCC(=O)N(C)C3(C#N)CCCCC3)n2c2ccccc12. The summed E-state index contributed by atoms with van der Waals surface area (Å²) >= 11 is 1.38. The minimum absolute atomic E-state index is 0.0402. The lowest BCUT2D eigenvalue weighted by Crippen LogP contribution is -2.50. The molecule has 1 aliphatic rings. The molecule has 0 bridgehead atoms. The molecular weight excluding hydrogens is 370 g/mol. The van der Waals surface area contributed by atoms with Crippen molar-refractivity contribution in [3.63, 3.8) is 0 Å². The second-order valence-corrected chi connectivity index (χ2v) is 8.41. The van der Waals surface area contributed by atoms with E-state index < -0.39 is 5.54 Å².